The average molecular weight is 326 g/mol. The van der Waals surface area contributed by atoms with Gasteiger partial charge in [-0.2, -0.15) is 0 Å². The van der Waals surface area contributed by atoms with Crippen molar-refractivity contribution >= 4 is 12.0 Å². The fraction of sp³-hybridized carbons (Fsp3) is 0.350. The van der Waals surface area contributed by atoms with Gasteiger partial charge in [0.25, 0.3) is 0 Å². The molecule has 1 heterocycles. The highest BCUT2D eigenvalue weighted by Gasteiger charge is 2.11. The van der Waals surface area contributed by atoms with Gasteiger partial charge in [0.05, 0.1) is 6.26 Å². The number of hydrogen-bond donors (Lipinski definition) is 0. The Hall–Kier alpha value is -2.33. The van der Waals surface area contributed by atoms with Crippen LogP contribution in [0.2, 0.25) is 0 Å². The zero-order chi connectivity index (χ0) is 17.2. The summed E-state index contributed by atoms with van der Waals surface area (Å²) >= 11 is 0. The monoisotopic (exact) mass is 326 g/mol. The van der Waals surface area contributed by atoms with Gasteiger partial charge in [-0.15, -0.1) is 0 Å². The summed E-state index contributed by atoms with van der Waals surface area (Å²) in [7, 11) is 4.04. The van der Waals surface area contributed by atoms with E-state index in [4.69, 9.17) is 4.42 Å². The van der Waals surface area contributed by atoms with Gasteiger partial charge in [0.2, 0.25) is 5.91 Å². The van der Waals surface area contributed by atoms with E-state index in [1.54, 1.807) is 18.4 Å². The third-order valence-corrected chi connectivity index (χ3v) is 3.80. The van der Waals surface area contributed by atoms with E-state index < -0.39 is 0 Å². The number of nitrogens with zero attached hydrogens (tertiary/aromatic N) is 2. The van der Waals surface area contributed by atoms with E-state index in [1.165, 1.54) is 5.56 Å². The highest BCUT2D eigenvalue weighted by molar-refractivity contribution is 5.91. The number of carbonyl (C=O) groups excluding carboxylic acids is 1. The Kier molecular flexibility index (Phi) is 7.30. The molecule has 4 heteroatoms. The van der Waals surface area contributed by atoms with Crippen LogP contribution >= 0.6 is 0 Å². The number of rotatable bonds is 9. The predicted octanol–water partition coefficient (Wildman–Crippen LogP) is 3.32. The van der Waals surface area contributed by atoms with Crippen LogP contribution in [0.25, 0.3) is 6.08 Å². The van der Waals surface area contributed by atoms with E-state index in [0.29, 0.717) is 5.76 Å². The minimum absolute atomic E-state index is 0.0290. The van der Waals surface area contributed by atoms with Crippen LogP contribution in [0.4, 0.5) is 0 Å². The number of benzene rings is 1. The predicted molar refractivity (Wildman–Crippen MR) is 97.6 cm³/mol. The minimum Gasteiger partial charge on any atom is -0.465 e. The summed E-state index contributed by atoms with van der Waals surface area (Å²) in [6.45, 7) is 2.33. The fourth-order valence-corrected chi connectivity index (χ4v) is 2.42. The minimum atomic E-state index is 0.0290. The summed E-state index contributed by atoms with van der Waals surface area (Å²) < 4.78 is 5.24. The molecule has 0 aliphatic rings. The van der Waals surface area contributed by atoms with Crippen molar-refractivity contribution < 1.29 is 9.21 Å². The van der Waals surface area contributed by atoms with Crippen molar-refractivity contribution in [1.82, 2.24) is 9.80 Å². The van der Waals surface area contributed by atoms with Gasteiger partial charge < -0.3 is 14.2 Å². The molecule has 0 bridgehead atoms. The number of hydrogen-bond acceptors (Lipinski definition) is 3. The van der Waals surface area contributed by atoms with E-state index in [-0.39, 0.29) is 5.91 Å². The molecule has 0 saturated heterocycles. The maximum absolute atomic E-state index is 12.5. The Labute approximate surface area is 144 Å². The van der Waals surface area contributed by atoms with Gasteiger partial charge in [0, 0.05) is 25.7 Å². The standard InChI is InChI=1S/C20H26N2O2/c1-21(2)15-16-22(14-6-10-18-8-4-3-5-9-18)20(23)13-12-19-11-7-17-24-19/h3-5,7-9,11-13,17H,6,10,14-16H2,1-2H3/b13-12+. The smallest absolute Gasteiger partial charge is 0.246 e. The quantitative estimate of drug-likeness (QED) is 0.663. The fourth-order valence-electron chi connectivity index (χ4n) is 2.42. The number of carbonyl (C=O) groups is 1. The van der Waals surface area contributed by atoms with Gasteiger partial charge in [0.1, 0.15) is 5.76 Å². The van der Waals surface area contributed by atoms with Crippen molar-refractivity contribution in [1.29, 1.82) is 0 Å². The molecule has 0 aliphatic carbocycles. The Morgan fingerprint density at radius 3 is 2.50 bits per heavy atom. The Morgan fingerprint density at radius 2 is 1.83 bits per heavy atom. The summed E-state index contributed by atoms with van der Waals surface area (Å²) in [5.74, 6) is 0.724. The van der Waals surface area contributed by atoms with Gasteiger partial charge in [0.15, 0.2) is 0 Å². The number of amides is 1. The van der Waals surface area contributed by atoms with Crippen molar-refractivity contribution in [2.75, 3.05) is 33.7 Å². The Balaban J connectivity index is 1.89. The summed E-state index contributed by atoms with van der Waals surface area (Å²) in [5.41, 5.74) is 1.31. The van der Waals surface area contributed by atoms with E-state index in [0.717, 1.165) is 32.5 Å². The molecule has 0 spiro atoms. The van der Waals surface area contributed by atoms with Crippen LogP contribution in [0.1, 0.15) is 17.7 Å². The lowest BCUT2D eigenvalue weighted by molar-refractivity contribution is -0.126. The van der Waals surface area contributed by atoms with E-state index >= 15 is 0 Å². The summed E-state index contributed by atoms with van der Waals surface area (Å²) in [4.78, 5) is 16.5. The molecule has 128 valence electrons. The summed E-state index contributed by atoms with van der Waals surface area (Å²) in [5, 5.41) is 0. The molecule has 1 aromatic carbocycles. The van der Waals surface area contributed by atoms with Crippen molar-refractivity contribution in [3.63, 3.8) is 0 Å². The lowest BCUT2D eigenvalue weighted by atomic mass is 10.1. The zero-order valence-corrected chi connectivity index (χ0v) is 14.5. The second-order valence-electron chi connectivity index (χ2n) is 6.07. The molecule has 0 saturated carbocycles. The van der Waals surface area contributed by atoms with Crippen molar-refractivity contribution in [2.45, 2.75) is 12.8 Å². The molecular weight excluding hydrogens is 300 g/mol. The van der Waals surface area contributed by atoms with Crippen molar-refractivity contribution in [2.24, 2.45) is 0 Å². The molecule has 1 amide bonds. The molecule has 1 aromatic heterocycles. The molecule has 0 unspecified atom stereocenters. The van der Waals surface area contributed by atoms with Gasteiger partial charge in [-0.05, 0) is 50.7 Å². The van der Waals surface area contributed by atoms with Gasteiger partial charge in [-0.25, -0.2) is 0 Å². The van der Waals surface area contributed by atoms with Crippen LogP contribution in [-0.4, -0.2) is 49.4 Å². The molecule has 24 heavy (non-hydrogen) atoms. The highest BCUT2D eigenvalue weighted by Crippen LogP contribution is 2.06. The van der Waals surface area contributed by atoms with E-state index in [2.05, 4.69) is 29.2 Å². The maximum Gasteiger partial charge on any atom is 0.246 e. The van der Waals surface area contributed by atoms with E-state index in [9.17, 15) is 4.79 Å². The number of furan rings is 1. The molecule has 0 aliphatic heterocycles. The normalized spacial score (nSPS) is 11.3. The molecule has 0 radical (unpaired) electrons. The molecule has 4 nitrogen and oxygen atoms in total. The van der Waals surface area contributed by atoms with Crippen LogP contribution in [-0.2, 0) is 11.2 Å². The Morgan fingerprint density at radius 1 is 1.04 bits per heavy atom. The van der Waals surface area contributed by atoms with Gasteiger partial charge >= 0.3 is 0 Å². The third-order valence-electron chi connectivity index (χ3n) is 3.80. The zero-order valence-electron chi connectivity index (χ0n) is 14.5. The van der Waals surface area contributed by atoms with Crippen LogP contribution in [0.15, 0.2) is 59.2 Å². The second-order valence-corrected chi connectivity index (χ2v) is 6.07. The average Bonchev–Trinajstić information content (AvgIpc) is 3.10. The van der Waals surface area contributed by atoms with Crippen molar-refractivity contribution in [3.05, 3.63) is 66.1 Å². The third kappa shape index (κ3) is 6.42. The first-order valence-electron chi connectivity index (χ1n) is 8.34. The number of likely N-dealkylation sites (N-methyl/N-ethyl adjacent to an activating group) is 1. The van der Waals surface area contributed by atoms with E-state index in [1.807, 2.05) is 37.2 Å². The van der Waals surface area contributed by atoms with Crippen LogP contribution in [0.5, 0.6) is 0 Å². The largest absolute Gasteiger partial charge is 0.465 e. The van der Waals surface area contributed by atoms with Crippen LogP contribution in [0, 0.1) is 0 Å². The molecule has 0 atom stereocenters. The molecule has 2 aromatic rings. The molecule has 0 N–H and O–H groups in total. The highest BCUT2D eigenvalue weighted by atomic mass is 16.3. The topological polar surface area (TPSA) is 36.7 Å². The van der Waals surface area contributed by atoms with Crippen molar-refractivity contribution in [3.8, 4) is 0 Å². The second kappa shape index (κ2) is 9.73. The molecule has 2 rings (SSSR count). The summed E-state index contributed by atoms with van der Waals surface area (Å²) in [6.07, 6.45) is 6.86. The first-order valence-corrected chi connectivity index (χ1v) is 8.34. The lowest BCUT2D eigenvalue weighted by Crippen LogP contribution is -2.36. The SMILES string of the molecule is CN(C)CCN(CCCc1ccccc1)C(=O)/C=C/c1ccco1. The Bertz CT molecular complexity index is 618. The number of aryl methyl sites for hydroxylation is 1. The van der Waals surface area contributed by atoms with Gasteiger partial charge in [-0.1, -0.05) is 30.3 Å². The van der Waals surface area contributed by atoms with Gasteiger partial charge in [-0.3, -0.25) is 4.79 Å². The molecule has 0 fully saturated rings. The van der Waals surface area contributed by atoms with Crippen LogP contribution in [0.3, 0.4) is 0 Å². The maximum atomic E-state index is 12.5. The summed E-state index contributed by atoms with van der Waals surface area (Å²) in [6, 6.07) is 14.0. The first kappa shape index (κ1) is 18.0. The van der Waals surface area contributed by atoms with Crippen LogP contribution < -0.4 is 0 Å². The first-order chi connectivity index (χ1) is 11.6. The molecular formula is C20H26N2O2. The lowest BCUT2D eigenvalue weighted by Gasteiger charge is -2.23.